The van der Waals surface area contributed by atoms with Crippen LogP contribution < -0.4 is 10.0 Å². The molecule has 0 fully saturated rings. The lowest BCUT2D eigenvalue weighted by atomic mass is 10.1. The van der Waals surface area contributed by atoms with Crippen molar-refractivity contribution in [1.29, 1.82) is 0 Å². The summed E-state index contributed by atoms with van der Waals surface area (Å²) in [6.45, 7) is 6.77. The summed E-state index contributed by atoms with van der Waals surface area (Å²) < 4.78 is 39.5. The highest BCUT2D eigenvalue weighted by molar-refractivity contribution is 7.89. The lowest BCUT2D eigenvalue weighted by Crippen LogP contribution is -2.50. The summed E-state index contributed by atoms with van der Waals surface area (Å²) in [6.07, 6.45) is 0. The summed E-state index contributed by atoms with van der Waals surface area (Å²) in [5.41, 5.74) is -0.476. The number of rotatable bonds is 4. The van der Waals surface area contributed by atoms with Gasteiger partial charge in [0.15, 0.2) is 0 Å². The number of carbonyl (C=O) groups excluding carboxylic acids is 1. The normalized spacial score (nSPS) is 13.8. The van der Waals surface area contributed by atoms with E-state index in [9.17, 15) is 17.6 Å². The van der Waals surface area contributed by atoms with Gasteiger partial charge in [-0.2, -0.15) is 4.72 Å². The number of halogens is 2. The quantitative estimate of drug-likeness (QED) is 0.883. The maximum Gasteiger partial charge on any atom is 0.241 e. The Morgan fingerprint density at radius 2 is 1.90 bits per heavy atom. The molecule has 1 amide bonds. The van der Waals surface area contributed by atoms with Gasteiger partial charge in [-0.15, -0.1) is 0 Å². The molecule has 5 nitrogen and oxygen atoms in total. The van der Waals surface area contributed by atoms with Gasteiger partial charge in [-0.3, -0.25) is 4.79 Å². The predicted octanol–water partition coefficient (Wildman–Crippen LogP) is 2.06. The average Bonchev–Trinajstić information content (AvgIpc) is 2.29. The topological polar surface area (TPSA) is 75.3 Å². The van der Waals surface area contributed by atoms with Crippen LogP contribution in [-0.2, 0) is 14.8 Å². The average molecular weight is 337 g/mol. The molecule has 0 bridgehead atoms. The second-order valence-corrected chi connectivity index (χ2v) is 7.78. The fourth-order valence-electron chi connectivity index (χ4n) is 1.48. The lowest BCUT2D eigenvalue weighted by molar-refractivity contribution is -0.123. The Bertz CT molecular complexity index is 641. The minimum absolute atomic E-state index is 0.204. The highest BCUT2D eigenvalue weighted by atomic mass is 35.5. The van der Waals surface area contributed by atoms with Crippen molar-refractivity contribution in [3.63, 3.8) is 0 Å². The molecular weight excluding hydrogens is 319 g/mol. The van der Waals surface area contributed by atoms with E-state index in [2.05, 4.69) is 10.0 Å². The molecule has 0 aliphatic heterocycles. The zero-order valence-electron chi connectivity index (χ0n) is 12.2. The van der Waals surface area contributed by atoms with E-state index < -0.39 is 33.3 Å². The minimum Gasteiger partial charge on any atom is -0.350 e. The van der Waals surface area contributed by atoms with Gasteiger partial charge in [0.05, 0.1) is 16.0 Å². The van der Waals surface area contributed by atoms with E-state index in [0.717, 1.165) is 18.2 Å². The van der Waals surface area contributed by atoms with Crippen molar-refractivity contribution >= 4 is 27.5 Å². The Hall–Kier alpha value is -1.18. The third-order valence-corrected chi connectivity index (χ3v) is 4.25. The second-order valence-electron chi connectivity index (χ2n) is 5.66. The summed E-state index contributed by atoms with van der Waals surface area (Å²) in [4.78, 5) is 11.7. The van der Waals surface area contributed by atoms with Gasteiger partial charge >= 0.3 is 0 Å². The molecule has 0 heterocycles. The Morgan fingerprint density at radius 3 is 2.38 bits per heavy atom. The molecule has 0 radical (unpaired) electrons. The van der Waals surface area contributed by atoms with Crippen LogP contribution in [0.3, 0.4) is 0 Å². The first-order chi connectivity index (χ1) is 9.42. The summed E-state index contributed by atoms with van der Waals surface area (Å²) >= 11 is 5.56. The molecule has 8 heteroatoms. The molecule has 0 aliphatic rings. The molecule has 0 saturated heterocycles. The van der Waals surface area contributed by atoms with Crippen LogP contribution in [0.15, 0.2) is 23.1 Å². The van der Waals surface area contributed by atoms with Crippen molar-refractivity contribution in [2.45, 2.75) is 44.2 Å². The fourth-order valence-corrected chi connectivity index (χ4v) is 2.95. The van der Waals surface area contributed by atoms with Gasteiger partial charge in [0.2, 0.25) is 15.9 Å². The predicted molar refractivity (Wildman–Crippen MR) is 79.1 cm³/mol. The third kappa shape index (κ3) is 5.26. The molecule has 0 aromatic heterocycles. The minimum atomic E-state index is -3.96. The van der Waals surface area contributed by atoms with E-state index in [0.29, 0.717) is 0 Å². The smallest absolute Gasteiger partial charge is 0.241 e. The molecule has 0 spiro atoms. The molecule has 1 atom stereocenters. The Balaban J connectivity index is 2.89. The molecule has 21 heavy (non-hydrogen) atoms. The summed E-state index contributed by atoms with van der Waals surface area (Å²) in [7, 11) is -3.96. The summed E-state index contributed by atoms with van der Waals surface area (Å²) in [6, 6.07) is 2.06. The fraction of sp³-hybridized carbons (Fsp3) is 0.462. The van der Waals surface area contributed by atoms with Crippen LogP contribution in [0.2, 0.25) is 5.02 Å². The Kier molecular flexibility index (Phi) is 5.35. The van der Waals surface area contributed by atoms with Crippen LogP contribution in [0.25, 0.3) is 0 Å². The number of amides is 1. The summed E-state index contributed by atoms with van der Waals surface area (Å²) in [5.74, 6) is -1.17. The highest BCUT2D eigenvalue weighted by Gasteiger charge is 2.25. The highest BCUT2D eigenvalue weighted by Crippen LogP contribution is 2.19. The van der Waals surface area contributed by atoms with Crippen molar-refractivity contribution < 1.29 is 17.6 Å². The maximum atomic E-state index is 13.1. The van der Waals surface area contributed by atoms with Gasteiger partial charge < -0.3 is 5.32 Å². The van der Waals surface area contributed by atoms with E-state index in [-0.39, 0.29) is 9.92 Å². The summed E-state index contributed by atoms with van der Waals surface area (Å²) in [5, 5.41) is 2.36. The van der Waals surface area contributed by atoms with Gasteiger partial charge in [0.1, 0.15) is 5.82 Å². The monoisotopic (exact) mass is 336 g/mol. The molecule has 1 aromatic carbocycles. The maximum absolute atomic E-state index is 13.1. The molecule has 2 N–H and O–H groups in total. The van der Waals surface area contributed by atoms with Crippen LogP contribution in [0, 0.1) is 5.82 Å². The van der Waals surface area contributed by atoms with Crippen LogP contribution in [-0.4, -0.2) is 25.9 Å². The van der Waals surface area contributed by atoms with E-state index >= 15 is 0 Å². The van der Waals surface area contributed by atoms with E-state index in [1.165, 1.54) is 6.92 Å². The van der Waals surface area contributed by atoms with Gasteiger partial charge in [-0.05, 0) is 45.9 Å². The number of hydrogen-bond donors (Lipinski definition) is 2. The van der Waals surface area contributed by atoms with Crippen molar-refractivity contribution in [1.82, 2.24) is 10.0 Å². The van der Waals surface area contributed by atoms with Crippen molar-refractivity contribution in [3.8, 4) is 0 Å². The zero-order chi connectivity index (χ0) is 16.4. The Morgan fingerprint density at radius 1 is 1.33 bits per heavy atom. The van der Waals surface area contributed by atoms with Crippen LogP contribution >= 0.6 is 11.6 Å². The third-order valence-electron chi connectivity index (χ3n) is 2.42. The SMILES string of the molecule is CC(NS(=O)(=O)c1ccc(F)c(Cl)c1)C(=O)NC(C)(C)C. The molecule has 118 valence electrons. The molecule has 0 saturated carbocycles. The zero-order valence-corrected chi connectivity index (χ0v) is 13.8. The first kappa shape index (κ1) is 17.9. The van der Waals surface area contributed by atoms with Gasteiger partial charge in [-0.1, -0.05) is 11.6 Å². The van der Waals surface area contributed by atoms with Crippen LogP contribution in [0.5, 0.6) is 0 Å². The van der Waals surface area contributed by atoms with E-state index in [4.69, 9.17) is 11.6 Å². The number of sulfonamides is 1. The van der Waals surface area contributed by atoms with Gasteiger partial charge in [0, 0.05) is 5.54 Å². The number of benzene rings is 1. The first-order valence-electron chi connectivity index (χ1n) is 6.22. The van der Waals surface area contributed by atoms with Crippen LogP contribution in [0.4, 0.5) is 4.39 Å². The molecule has 1 unspecified atom stereocenters. The van der Waals surface area contributed by atoms with Crippen molar-refractivity contribution in [3.05, 3.63) is 29.0 Å². The number of carbonyl (C=O) groups is 1. The van der Waals surface area contributed by atoms with Crippen molar-refractivity contribution in [2.24, 2.45) is 0 Å². The molecule has 1 rings (SSSR count). The lowest BCUT2D eigenvalue weighted by Gasteiger charge is -2.23. The van der Waals surface area contributed by atoms with Crippen LogP contribution in [0.1, 0.15) is 27.7 Å². The largest absolute Gasteiger partial charge is 0.350 e. The second kappa shape index (κ2) is 6.29. The first-order valence-corrected chi connectivity index (χ1v) is 8.08. The van der Waals surface area contributed by atoms with E-state index in [1.807, 2.05) is 0 Å². The number of hydrogen-bond acceptors (Lipinski definition) is 3. The van der Waals surface area contributed by atoms with Gasteiger partial charge in [0.25, 0.3) is 0 Å². The molecular formula is C13H18ClFN2O3S. The number of nitrogens with one attached hydrogen (secondary N) is 2. The standard InChI is InChI=1S/C13H18ClFN2O3S/c1-8(12(18)16-13(2,3)4)17-21(19,20)9-5-6-11(15)10(14)7-9/h5-8,17H,1-4H3,(H,16,18). The van der Waals surface area contributed by atoms with E-state index in [1.54, 1.807) is 20.8 Å². The van der Waals surface area contributed by atoms with Gasteiger partial charge in [-0.25, -0.2) is 12.8 Å². The Labute approximate surface area is 128 Å². The molecule has 1 aromatic rings. The molecule has 0 aliphatic carbocycles. The van der Waals surface area contributed by atoms with Crippen molar-refractivity contribution in [2.75, 3.05) is 0 Å².